The lowest BCUT2D eigenvalue weighted by Gasteiger charge is -2.29. The zero-order valence-corrected chi connectivity index (χ0v) is 12.3. The maximum absolute atomic E-state index is 12.2. The van der Waals surface area contributed by atoms with Crippen molar-refractivity contribution in [3.05, 3.63) is 0 Å². The molecule has 6 heteroatoms. The molecular weight excluding hydrogens is 260 g/mol. The van der Waals surface area contributed by atoms with E-state index in [9.17, 15) is 14.4 Å². The molecule has 0 aromatic rings. The summed E-state index contributed by atoms with van der Waals surface area (Å²) in [5.74, 6) is -1.45. The Kier molecular flexibility index (Phi) is 5.98. The highest BCUT2D eigenvalue weighted by molar-refractivity contribution is 5.87. The van der Waals surface area contributed by atoms with E-state index >= 15 is 0 Å². The standard InChI is InChI=1S/C14H24N2O4/c1-8(2)12(15-9(3)17)13(18)16-11-6-4-10(5-7-11)14(19)20/h8,10-12H,4-7H2,1-3H3,(H,15,17)(H,16,18)(H,19,20). The molecule has 1 unspecified atom stereocenters. The summed E-state index contributed by atoms with van der Waals surface area (Å²) in [6.45, 7) is 5.14. The Balaban J connectivity index is 2.49. The molecule has 0 aromatic heterocycles. The molecule has 0 radical (unpaired) electrons. The number of hydrogen-bond acceptors (Lipinski definition) is 3. The molecule has 1 fully saturated rings. The van der Waals surface area contributed by atoms with Gasteiger partial charge < -0.3 is 15.7 Å². The SMILES string of the molecule is CC(=O)NC(C(=O)NC1CCC(C(=O)O)CC1)C(C)C. The second-order valence-corrected chi connectivity index (χ2v) is 5.82. The Morgan fingerprint density at radius 3 is 2.05 bits per heavy atom. The largest absolute Gasteiger partial charge is 0.481 e. The highest BCUT2D eigenvalue weighted by Gasteiger charge is 2.29. The van der Waals surface area contributed by atoms with Crippen LogP contribution in [-0.4, -0.2) is 35.0 Å². The van der Waals surface area contributed by atoms with Gasteiger partial charge in [0.1, 0.15) is 6.04 Å². The number of carboxylic acids is 1. The van der Waals surface area contributed by atoms with Crippen molar-refractivity contribution in [2.45, 2.75) is 58.5 Å². The number of carbonyl (C=O) groups excluding carboxylic acids is 2. The number of carboxylic acid groups (broad SMARTS) is 1. The maximum Gasteiger partial charge on any atom is 0.306 e. The smallest absolute Gasteiger partial charge is 0.306 e. The monoisotopic (exact) mass is 284 g/mol. The van der Waals surface area contributed by atoms with Crippen molar-refractivity contribution in [1.29, 1.82) is 0 Å². The Morgan fingerprint density at radius 2 is 1.65 bits per heavy atom. The first-order valence-corrected chi connectivity index (χ1v) is 7.11. The summed E-state index contributed by atoms with van der Waals surface area (Å²) >= 11 is 0. The lowest BCUT2D eigenvalue weighted by molar-refractivity contribution is -0.143. The average Bonchev–Trinajstić information content (AvgIpc) is 2.35. The molecule has 6 nitrogen and oxygen atoms in total. The van der Waals surface area contributed by atoms with Gasteiger partial charge in [0.05, 0.1) is 5.92 Å². The van der Waals surface area contributed by atoms with Crippen molar-refractivity contribution in [3.63, 3.8) is 0 Å². The zero-order valence-electron chi connectivity index (χ0n) is 12.3. The van der Waals surface area contributed by atoms with Crippen LogP contribution in [0.2, 0.25) is 0 Å². The van der Waals surface area contributed by atoms with E-state index < -0.39 is 12.0 Å². The molecule has 1 aliphatic rings. The van der Waals surface area contributed by atoms with Crippen molar-refractivity contribution in [3.8, 4) is 0 Å². The van der Waals surface area contributed by atoms with Gasteiger partial charge in [-0.1, -0.05) is 13.8 Å². The Labute approximate surface area is 119 Å². The second kappa shape index (κ2) is 7.26. The van der Waals surface area contributed by atoms with Crippen molar-refractivity contribution in [2.75, 3.05) is 0 Å². The molecule has 20 heavy (non-hydrogen) atoms. The van der Waals surface area contributed by atoms with Crippen molar-refractivity contribution in [1.82, 2.24) is 10.6 Å². The molecule has 0 bridgehead atoms. The molecule has 2 amide bonds. The first-order chi connectivity index (χ1) is 9.31. The molecule has 0 saturated heterocycles. The van der Waals surface area contributed by atoms with Crippen LogP contribution < -0.4 is 10.6 Å². The Bertz CT molecular complexity index is 373. The topological polar surface area (TPSA) is 95.5 Å². The fourth-order valence-corrected chi connectivity index (χ4v) is 2.53. The highest BCUT2D eigenvalue weighted by atomic mass is 16.4. The van der Waals surface area contributed by atoms with Gasteiger partial charge in [-0.25, -0.2) is 0 Å². The van der Waals surface area contributed by atoms with Gasteiger partial charge in [-0.2, -0.15) is 0 Å². The van der Waals surface area contributed by atoms with Gasteiger partial charge in [0.2, 0.25) is 11.8 Å². The number of carbonyl (C=O) groups is 3. The minimum absolute atomic E-state index is 0.00751. The minimum Gasteiger partial charge on any atom is -0.481 e. The van der Waals surface area contributed by atoms with Crippen LogP contribution in [0.1, 0.15) is 46.5 Å². The van der Waals surface area contributed by atoms with Gasteiger partial charge in [0.15, 0.2) is 0 Å². The molecule has 3 N–H and O–H groups in total. The molecule has 0 spiro atoms. The quantitative estimate of drug-likeness (QED) is 0.699. The van der Waals surface area contributed by atoms with E-state index in [2.05, 4.69) is 10.6 Å². The average molecular weight is 284 g/mol. The molecule has 0 aromatic carbocycles. The van der Waals surface area contributed by atoms with Crippen LogP contribution >= 0.6 is 0 Å². The molecule has 0 heterocycles. The fourth-order valence-electron chi connectivity index (χ4n) is 2.53. The predicted octanol–water partition coefficient (Wildman–Crippen LogP) is 0.907. The van der Waals surface area contributed by atoms with E-state index in [0.717, 1.165) is 0 Å². The van der Waals surface area contributed by atoms with Gasteiger partial charge in [-0.15, -0.1) is 0 Å². The summed E-state index contributed by atoms with van der Waals surface area (Å²) < 4.78 is 0. The minimum atomic E-state index is -0.756. The molecule has 1 saturated carbocycles. The summed E-state index contributed by atoms with van der Waals surface area (Å²) in [6.07, 6.45) is 2.53. The number of amides is 2. The summed E-state index contributed by atoms with van der Waals surface area (Å²) in [7, 11) is 0. The van der Waals surface area contributed by atoms with E-state index in [4.69, 9.17) is 5.11 Å². The number of nitrogens with one attached hydrogen (secondary N) is 2. The van der Waals surface area contributed by atoms with Gasteiger partial charge in [0.25, 0.3) is 0 Å². The first kappa shape index (κ1) is 16.5. The third-order valence-electron chi connectivity index (χ3n) is 3.73. The van der Waals surface area contributed by atoms with Crippen LogP contribution in [0.3, 0.4) is 0 Å². The third kappa shape index (κ3) is 4.83. The van der Waals surface area contributed by atoms with Crippen molar-refractivity contribution >= 4 is 17.8 Å². The predicted molar refractivity (Wildman–Crippen MR) is 74.0 cm³/mol. The summed E-state index contributed by atoms with van der Waals surface area (Å²) in [5, 5.41) is 14.5. The van der Waals surface area contributed by atoms with Gasteiger partial charge in [-0.3, -0.25) is 14.4 Å². The highest BCUT2D eigenvalue weighted by Crippen LogP contribution is 2.24. The van der Waals surface area contributed by atoms with E-state index in [1.807, 2.05) is 13.8 Å². The summed E-state index contributed by atoms with van der Waals surface area (Å²) in [5.41, 5.74) is 0. The van der Waals surface area contributed by atoms with Crippen LogP contribution in [0.5, 0.6) is 0 Å². The molecule has 1 rings (SSSR count). The molecular formula is C14H24N2O4. The number of hydrogen-bond donors (Lipinski definition) is 3. The lowest BCUT2D eigenvalue weighted by Crippen LogP contribution is -2.52. The molecule has 114 valence electrons. The van der Waals surface area contributed by atoms with Gasteiger partial charge in [0, 0.05) is 13.0 Å². The molecule has 1 aliphatic carbocycles. The van der Waals surface area contributed by atoms with Crippen LogP contribution in [0.25, 0.3) is 0 Å². The molecule has 1 atom stereocenters. The van der Waals surface area contributed by atoms with Gasteiger partial charge in [-0.05, 0) is 31.6 Å². The molecule has 0 aliphatic heterocycles. The van der Waals surface area contributed by atoms with E-state index in [-0.39, 0.29) is 29.7 Å². The number of rotatable bonds is 5. The summed E-state index contributed by atoms with van der Waals surface area (Å²) in [6, 6.07) is -0.530. The second-order valence-electron chi connectivity index (χ2n) is 5.82. The first-order valence-electron chi connectivity index (χ1n) is 7.11. The Hall–Kier alpha value is -1.59. The van der Waals surface area contributed by atoms with E-state index in [0.29, 0.717) is 25.7 Å². The van der Waals surface area contributed by atoms with Crippen LogP contribution in [0, 0.1) is 11.8 Å². The number of aliphatic carboxylic acids is 1. The fraction of sp³-hybridized carbons (Fsp3) is 0.786. The zero-order chi connectivity index (χ0) is 15.3. The maximum atomic E-state index is 12.2. The van der Waals surface area contributed by atoms with E-state index in [1.165, 1.54) is 6.92 Å². The van der Waals surface area contributed by atoms with Crippen LogP contribution in [0.15, 0.2) is 0 Å². The van der Waals surface area contributed by atoms with Gasteiger partial charge >= 0.3 is 5.97 Å². The lowest BCUT2D eigenvalue weighted by atomic mass is 9.86. The van der Waals surface area contributed by atoms with Crippen LogP contribution in [0.4, 0.5) is 0 Å². The normalized spacial score (nSPS) is 24.0. The third-order valence-corrected chi connectivity index (χ3v) is 3.73. The summed E-state index contributed by atoms with van der Waals surface area (Å²) in [4.78, 5) is 34.1. The van der Waals surface area contributed by atoms with Crippen LogP contribution in [-0.2, 0) is 14.4 Å². The van der Waals surface area contributed by atoms with Crippen molar-refractivity contribution in [2.24, 2.45) is 11.8 Å². The van der Waals surface area contributed by atoms with E-state index in [1.54, 1.807) is 0 Å². The Morgan fingerprint density at radius 1 is 1.10 bits per heavy atom. The van der Waals surface area contributed by atoms with Crippen molar-refractivity contribution < 1.29 is 19.5 Å².